The average molecular weight is 352 g/mol. The van der Waals surface area contributed by atoms with Crippen LogP contribution >= 0.6 is 11.6 Å². The molecule has 138 valence electrons. The normalized spacial score (nSPS) is 11.1. The van der Waals surface area contributed by atoms with Gasteiger partial charge in [-0.05, 0) is 48.9 Å². The van der Waals surface area contributed by atoms with Crippen molar-refractivity contribution in [3.63, 3.8) is 0 Å². The number of halogens is 1. The first-order chi connectivity index (χ1) is 11.7. The molecular weight excluding hydrogens is 314 g/mol. The lowest BCUT2D eigenvalue weighted by Gasteiger charge is -2.12. The van der Waals surface area contributed by atoms with Gasteiger partial charge in [-0.25, -0.2) is 0 Å². The quantitative estimate of drug-likeness (QED) is 0.269. The molecule has 0 aliphatic rings. The smallest absolute Gasteiger partial charge is 0.0412 e. The van der Waals surface area contributed by atoms with Crippen molar-refractivity contribution in [1.82, 2.24) is 0 Å². The molecule has 24 heavy (non-hydrogen) atoms. The second-order valence-corrected chi connectivity index (χ2v) is 7.61. The minimum atomic E-state index is 0.853. The molecule has 0 atom stereocenters. The van der Waals surface area contributed by atoms with E-state index >= 15 is 0 Å². The summed E-state index contributed by atoms with van der Waals surface area (Å²) in [7, 11) is 0. The third-order valence-corrected chi connectivity index (χ3v) is 5.13. The minimum absolute atomic E-state index is 0.853. The summed E-state index contributed by atoms with van der Waals surface area (Å²) in [5, 5.41) is 0.853. The van der Waals surface area contributed by atoms with E-state index in [0.717, 1.165) is 23.6 Å². The molecule has 0 fully saturated rings. The Morgan fingerprint density at radius 2 is 1.04 bits per heavy atom. The molecule has 1 rings (SSSR count). The molecule has 0 bridgehead atoms. The number of unbranched alkanes of at least 4 members (excludes halogenated alkanes) is 10. The van der Waals surface area contributed by atoms with Crippen LogP contribution in [0.15, 0.2) is 12.1 Å². The molecule has 2 heteroatoms. The Kier molecular flexibility index (Phi) is 12.1. The third-order valence-electron chi connectivity index (χ3n) is 4.92. The summed E-state index contributed by atoms with van der Waals surface area (Å²) in [5.41, 5.74) is 9.95. The van der Waals surface area contributed by atoms with Crippen LogP contribution in [0.2, 0.25) is 5.02 Å². The lowest BCUT2D eigenvalue weighted by atomic mass is 9.97. The predicted octanol–water partition coefficient (Wildman–Crippen LogP) is 7.73. The van der Waals surface area contributed by atoms with Gasteiger partial charge in [0, 0.05) is 10.7 Å². The van der Waals surface area contributed by atoms with E-state index in [2.05, 4.69) is 26.0 Å². The van der Waals surface area contributed by atoms with Gasteiger partial charge in [-0.1, -0.05) is 89.7 Å². The van der Waals surface area contributed by atoms with Crippen molar-refractivity contribution in [2.24, 2.45) is 0 Å². The monoisotopic (exact) mass is 351 g/mol. The maximum Gasteiger partial charge on any atom is 0.0412 e. The second-order valence-electron chi connectivity index (χ2n) is 7.17. The Labute approximate surface area is 155 Å². The molecular formula is C22H38ClN. The molecule has 0 aromatic heterocycles. The zero-order valence-electron chi connectivity index (χ0n) is 16.0. The largest absolute Gasteiger partial charge is 0.398 e. The molecule has 0 spiro atoms. The van der Waals surface area contributed by atoms with Gasteiger partial charge in [0.1, 0.15) is 0 Å². The van der Waals surface area contributed by atoms with E-state index in [0.29, 0.717) is 0 Å². The fraction of sp³-hybridized carbons (Fsp3) is 0.727. The summed E-state index contributed by atoms with van der Waals surface area (Å²) < 4.78 is 0. The summed E-state index contributed by atoms with van der Waals surface area (Å²) in [6, 6.07) is 4.15. The number of benzene rings is 1. The number of hydrogen-bond acceptors (Lipinski definition) is 1. The van der Waals surface area contributed by atoms with Crippen molar-refractivity contribution in [2.75, 3.05) is 5.73 Å². The first kappa shape index (κ1) is 21.4. The van der Waals surface area contributed by atoms with Gasteiger partial charge < -0.3 is 5.73 Å². The molecule has 1 nitrogen and oxygen atoms in total. The number of hydrogen-bond donors (Lipinski definition) is 1. The number of anilines is 1. The highest BCUT2D eigenvalue weighted by atomic mass is 35.5. The first-order valence-electron chi connectivity index (χ1n) is 10.3. The van der Waals surface area contributed by atoms with E-state index in [1.54, 1.807) is 0 Å². The van der Waals surface area contributed by atoms with Crippen LogP contribution < -0.4 is 5.73 Å². The summed E-state index contributed by atoms with van der Waals surface area (Å²) in [5.74, 6) is 0. The maximum atomic E-state index is 6.42. The Balaban J connectivity index is 2.39. The van der Waals surface area contributed by atoms with Crippen molar-refractivity contribution >= 4 is 17.3 Å². The zero-order valence-corrected chi connectivity index (χ0v) is 16.8. The number of aryl methyl sites for hydroxylation is 2. The van der Waals surface area contributed by atoms with Crippen LogP contribution in [0.4, 0.5) is 5.69 Å². The molecule has 0 aliphatic carbocycles. The fourth-order valence-electron chi connectivity index (χ4n) is 3.34. The molecule has 0 aliphatic heterocycles. The van der Waals surface area contributed by atoms with Crippen LogP contribution in [0.5, 0.6) is 0 Å². The maximum absolute atomic E-state index is 6.42. The highest BCUT2D eigenvalue weighted by Gasteiger charge is 2.08. The summed E-state index contributed by atoms with van der Waals surface area (Å²) in [6.45, 7) is 4.52. The van der Waals surface area contributed by atoms with Crippen molar-refractivity contribution in [1.29, 1.82) is 0 Å². The zero-order chi connectivity index (χ0) is 17.6. The van der Waals surface area contributed by atoms with Crippen LogP contribution in [0.1, 0.15) is 102 Å². The van der Waals surface area contributed by atoms with Crippen LogP contribution in [0, 0.1) is 0 Å². The highest BCUT2D eigenvalue weighted by molar-refractivity contribution is 6.30. The molecule has 0 saturated heterocycles. The molecule has 0 heterocycles. The molecule has 2 N–H and O–H groups in total. The van der Waals surface area contributed by atoms with E-state index in [9.17, 15) is 0 Å². The minimum Gasteiger partial charge on any atom is -0.398 e. The van der Waals surface area contributed by atoms with Gasteiger partial charge in [0.05, 0.1) is 0 Å². The van der Waals surface area contributed by atoms with E-state index in [4.69, 9.17) is 17.3 Å². The number of nitrogen functional groups attached to an aromatic ring is 1. The second kappa shape index (κ2) is 13.6. The van der Waals surface area contributed by atoms with Gasteiger partial charge in [-0.3, -0.25) is 0 Å². The van der Waals surface area contributed by atoms with Gasteiger partial charge >= 0.3 is 0 Å². The van der Waals surface area contributed by atoms with E-state index in [-0.39, 0.29) is 0 Å². The molecule has 1 aromatic rings. The van der Waals surface area contributed by atoms with Crippen LogP contribution in [0.3, 0.4) is 0 Å². The molecule has 0 saturated carbocycles. The van der Waals surface area contributed by atoms with Crippen LogP contribution in [-0.4, -0.2) is 0 Å². The Morgan fingerprint density at radius 1 is 0.667 bits per heavy atom. The van der Waals surface area contributed by atoms with Gasteiger partial charge in [0.2, 0.25) is 0 Å². The SMILES string of the molecule is CCCCCCCCc1cc(Cl)cc(CCCCCCCC)c1N. The fourth-order valence-corrected chi connectivity index (χ4v) is 3.60. The summed E-state index contributed by atoms with van der Waals surface area (Å²) in [4.78, 5) is 0. The van der Waals surface area contributed by atoms with Crippen molar-refractivity contribution < 1.29 is 0 Å². The Bertz CT molecular complexity index is 405. The molecule has 0 radical (unpaired) electrons. The topological polar surface area (TPSA) is 26.0 Å². The summed E-state index contributed by atoms with van der Waals surface area (Å²) in [6.07, 6.45) is 18.0. The Hall–Kier alpha value is -0.690. The lowest BCUT2D eigenvalue weighted by molar-refractivity contribution is 0.605. The third kappa shape index (κ3) is 8.97. The molecule has 0 amide bonds. The molecule has 1 aromatic carbocycles. The van der Waals surface area contributed by atoms with E-state index < -0.39 is 0 Å². The van der Waals surface area contributed by atoms with Gasteiger partial charge in [-0.2, -0.15) is 0 Å². The van der Waals surface area contributed by atoms with Gasteiger partial charge in [0.25, 0.3) is 0 Å². The van der Waals surface area contributed by atoms with Crippen molar-refractivity contribution in [3.8, 4) is 0 Å². The molecule has 0 unspecified atom stereocenters. The first-order valence-corrected chi connectivity index (χ1v) is 10.6. The number of nitrogens with two attached hydrogens (primary N) is 1. The van der Waals surface area contributed by atoms with Crippen LogP contribution in [-0.2, 0) is 12.8 Å². The number of rotatable bonds is 14. The van der Waals surface area contributed by atoms with E-state index in [1.807, 2.05) is 0 Å². The average Bonchev–Trinajstić information content (AvgIpc) is 2.57. The lowest BCUT2D eigenvalue weighted by Crippen LogP contribution is -2.01. The van der Waals surface area contributed by atoms with Gasteiger partial charge in [-0.15, -0.1) is 0 Å². The highest BCUT2D eigenvalue weighted by Crippen LogP contribution is 2.27. The standard InChI is InChI=1S/C22H38ClN/c1-3-5-7-9-11-13-15-19-17-21(23)18-20(22(19)24)16-14-12-10-8-6-4-2/h17-18H,3-16,24H2,1-2H3. The summed E-state index contributed by atoms with van der Waals surface area (Å²) >= 11 is 6.33. The van der Waals surface area contributed by atoms with Crippen molar-refractivity contribution in [2.45, 2.75) is 104 Å². The van der Waals surface area contributed by atoms with Crippen molar-refractivity contribution in [3.05, 3.63) is 28.3 Å². The predicted molar refractivity (Wildman–Crippen MR) is 110 cm³/mol. The van der Waals surface area contributed by atoms with Crippen LogP contribution in [0.25, 0.3) is 0 Å². The van der Waals surface area contributed by atoms with E-state index in [1.165, 1.54) is 88.2 Å². The van der Waals surface area contributed by atoms with Gasteiger partial charge in [0.15, 0.2) is 0 Å². The Morgan fingerprint density at radius 3 is 1.46 bits per heavy atom.